The van der Waals surface area contributed by atoms with Crippen molar-refractivity contribution in [3.05, 3.63) is 0 Å². The van der Waals surface area contributed by atoms with E-state index in [0.717, 1.165) is 0 Å². The molecular weight excluding hydrogens is 244 g/mol. The van der Waals surface area contributed by atoms with Crippen LogP contribution in [-0.4, -0.2) is 38.4 Å². The summed E-state index contributed by atoms with van der Waals surface area (Å²) in [5.74, 6) is -1.55. The van der Waals surface area contributed by atoms with Crippen LogP contribution in [0.1, 0.15) is 34.1 Å². The summed E-state index contributed by atoms with van der Waals surface area (Å²) in [7, 11) is -1.75. The van der Waals surface area contributed by atoms with Crippen molar-refractivity contribution in [2.75, 3.05) is 6.61 Å². The Labute approximate surface area is 104 Å². The van der Waals surface area contributed by atoms with Crippen LogP contribution >= 0.6 is 0 Å². The van der Waals surface area contributed by atoms with Gasteiger partial charge in [0, 0.05) is 10.8 Å². The first kappa shape index (κ1) is 16.1. The van der Waals surface area contributed by atoms with Gasteiger partial charge in [0.1, 0.15) is 10.5 Å². The Kier molecular flexibility index (Phi) is 7.03. The first-order valence-electron chi connectivity index (χ1n) is 5.60. The summed E-state index contributed by atoms with van der Waals surface area (Å²) in [5, 5.41) is 6.83. The molecule has 0 heterocycles. The van der Waals surface area contributed by atoms with Crippen LogP contribution in [0.25, 0.3) is 0 Å². The van der Waals surface area contributed by atoms with Crippen molar-refractivity contribution in [2.24, 2.45) is 5.92 Å². The molecule has 5 nitrogen and oxygen atoms in total. The first-order chi connectivity index (χ1) is 7.81. The molecule has 1 N–H and O–H groups in total. The lowest BCUT2D eigenvalue weighted by atomic mass is 10.2. The zero-order valence-corrected chi connectivity index (χ0v) is 11.5. The predicted octanol–water partition coefficient (Wildman–Crippen LogP) is 1.19. The van der Waals surface area contributed by atoms with Gasteiger partial charge in [-0.1, -0.05) is 20.8 Å². The van der Waals surface area contributed by atoms with E-state index < -0.39 is 33.2 Å². The Balaban J connectivity index is 4.55. The highest BCUT2D eigenvalue weighted by Gasteiger charge is 2.32. The van der Waals surface area contributed by atoms with E-state index >= 15 is 0 Å². The standard InChI is InChI=1S/C11H20O5S/c1-5-9(11(14)16-6-7(2)3)17(15)8(4)10(12)13/h7-9H,5-6H2,1-4H3,(H,12,13). The third-order valence-corrected chi connectivity index (χ3v) is 4.15. The number of aliphatic carboxylic acids is 1. The summed E-state index contributed by atoms with van der Waals surface area (Å²) in [6, 6.07) is 0. The van der Waals surface area contributed by atoms with Gasteiger partial charge in [-0.25, -0.2) is 0 Å². The second-order valence-electron chi connectivity index (χ2n) is 4.23. The molecule has 0 aliphatic heterocycles. The summed E-state index contributed by atoms with van der Waals surface area (Å²) in [6.07, 6.45) is 0.307. The van der Waals surface area contributed by atoms with Crippen molar-refractivity contribution in [2.45, 2.75) is 44.6 Å². The van der Waals surface area contributed by atoms with Gasteiger partial charge in [0.2, 0.25) is 0 Å². The number of ether oxygens (including phenoxy) is 1. The van der Waals surface area contributed by atoms with Crippen LogP contribution in [0.5, 0.6) is 0 Å². The molecule has 100 valence electrons. The Morgan fingerprint density at radius 2 is 1.82 bits per heavy atom. The lowest BCUT2D eigenvalue weighted by Gasteiger charge is -2.17. The molecule has 3 atom stereocenters. The van der Waals surface area contributed by atoms with E-state index in [1.165, 1.54) is 6.92 Å². The van der Waals surface area contributed by atoms with Crippen molar-refractivity contribution in [3.8, 4) is 0 Å². The minimum atomic E-state index is -1.75. The monoisotopic (exact) mass is 264 g/mol. The molecule has 0 aliphatic rings. The highest BCUT2D eigenvalue weighted by atomic mass is 32.2. The van der Waals surface area contributed by atoms with E-state index in [0.29, 0.717) is 6.42 Å². The van der Waals surface area contributed by atoms with Crippen LogP contribution in [0, 0.1) is 5.92 Å². The first-order valence-corrected chi connectivity index (χ1v) is 6.87. The summed E-state index contributed by atoms with van der Waals surface area (Å²) in [4.78, 5) is 22.3. The molecule has 0 spiro atoms. The molecule has 0 amide bonds. The highest BCUT2D eigenvalue weighted by Crippen LogP contribution is 2.11. The zero-order chi connectivity index (χ0) is 13.6. The van der Waals surface area contributed by atoms with Gasteiger partial charge in [0.25, 0.3) is 0 Å². The van der Waals surface area contributed by atoms with Crippen LogP contribution in [0.15, 0.2) is 0 Å². The van der Waals surface area contributed by atoms with Gasteiger partial charge in [-0.3, -0.25) is 13.8 Å². The van der Waals surface area contributed by atoms with Crippen molar-refractivity contribution in [1.82, 2.24) is 0 Å². The van der Waals surface area contributed by atoms with Crippen LogP contribution in [0.4, 0.5) is 0 Å². The fourth-order valence-corrected chi connectivity index (χ4v) is 2.39. The van der Waals surface area contributed by atoms with Crippen LogP contribution < -0.4 is 0 Å². The number of carboxylic acids is 1. The minimum Gasteiger partial charge on any atom is -0.480 e. The largest absolute Gasteiger partial charge is 0.480 e. The summed E-state index contributed by atoms with van der Waals surface area (Å²) >= 11 is 0. The fourth-order valence-electron chi connectivity index (χ4n) is 1.11. The second-order valence-corrected chi connectivity index (χ2v) is 6.16. The van der Waals surface area contributed by atoms with Crippen LogP contribution in [0.2, 0.25) is 0 Å². The number of hydrogen-bond acceptors (Lipinski definition) is 4. The van der Waals surface area contributed by atoms with Gasteiger partial charge in [0.05, 0.1) is 6.61 Å². The van der Waals surface area contributed by atoms with Gasteiger partial charge < -0.3 is 9.84 Å². The van der Waals surface area contributed by atoms with Gasteiger partial charge in [-0.2, -0.15) is 0 Å². The van der Waals surface area contributed by atoms with Crippen molar-refractivity contribution >= 4 is 22.7 Å². The molecular formula is C11H20O5S. The lowest BCUT2D eigenvalue weighted by Crippen LogP contribution is -2.36. The highest BCUT2D eigenvalue weighted by molar-refractivity contribution is 7.87. The zero-order valence-electron chi connectivity index (χ0n) is 10.6. The van der Waals surface area contributed by atoms with Gasteiger partial charge >= 0.3 is 11.9 Å². The van der Waals surface area contributed by atoms with Crippen molar-refractivity contribution in [3.63, 3.8) is 0 Å². The molecule has 0 aliphatic carbocycles. The summed E-state index contributed by atoms with van der Waals surface area (Å²) in [6.45, 7) is 7.06. The molecule has 0 bridgehead atoms. The number of esters is 1. The average molecular weight is 264 g/mol. The lowest BCUT2D eigenvalue weighted by molar-refractivity contribution is -0.144. The molecule has 0 aromatic carbocycles. The Morgan fingerprint density at radius 3 is 2.18 bits per heavy atom. The minimum absolute atomic E-state index is 0.196. The van der Waals surface area contributed by atoms with Crippen molar-refractivity contribution < 1.29 is 23.6 Å². The van der Waals surface area contributed by atoms with Gasteiger partial charge in [0.15, 0.2) is 0 Å². The molecule has 0 rings (SSSR count). The molecule has 0 aromatic rings. The third kappa shape index (κ3) is 5.30. The quantitative estimate of drug-likeness (QED) is 0.698. The normalized spacial score (nSPS) is 16.3. The molecule has 0 aromatic heterocycles. The molecule has 0 radical (unpaired) electrons. The number of rotatable bonds is 7. The van der Waals surface area contributed by atoms with E-state index in [2.05, 4.69) is 0 Å². The smallest absolute Gasteiger partial charge is 0.321 e. The molecule has 17 heavy (non-hydrogen) atoms. The molecule has 3 unspecified atom stereocenters. The Hall–Kier alpha value is -0.910. The van der Waals surface area contributed by atoms with E-state index in [4.69, 9.17) is 9.84 Å². The molecule has 0 fully saturated rings. The number of carbonyl (C=O) groups is 2. The number of hydrogen-bond donors (Lipinski definition) is 1. The van der Waals surface area contributed by atoms with E-state index in [-0.39, 0.29) is 12.5 Å². The summed E-state index contributed by atoms with van der Waals surface area (Å²) < 4.78 is 16.8. The Morgan fingerprint density at radius 1 is 1.29 bits per heavy atom. The van der Waals surface area contributed by atoms with Crippen LogP contribution in [0.3, 0.4) is 0 Å². The van der Waals surface area contributed by atoms with Crippen molar-refractivity contribution in [1.29, 1.82) is 0 Å². The van der Waals surface area contributed by atoms with E-state index in [9.17, 15) is 13.8 Å². The Bertz CT molecular complexity index is 300. The molecule has 0 saturated heterocycles. The maximum atomic E-state index is 11.8. The van der Waals surface area contributed by atoms with Gasteiger partial charge in [-0.05, 0) is 19.3 Å². The predicted molar refractivity (Wildman–Crippen MR) is 65.1 cm³/mol. The van der Waals surface area contributed by atoms with E-state index in [1.807, 2.05) is 13.8 Å². The number of carbonyl (C=O) groups excluding carboxylic acids is 1. The molecule has 6 heteroatoms. The average Bonchev–Trinajstić information content (AvgIpc) is 2.25. The fraction of sp³-hybridized carbons (Fsp3) is 0.818. The van der Waals surface area contributed by atoms with E-state index in [1.54, 1.807) is 6.92 Å². The second kappa shape index (κ2) is 7.42. The number of carboxylic acid groups (broad SMARTS) is 1. The summed E-state index contributed by atoms with van der Waals surface area (Å²) in [5.41, 5.74) is 0. The molecule has 0 saturated carbocycles. The SMILES string of the molecule is CCC(C(=O)OCC(C)C)S(=O)C(C)C(=O)O. The third-order valence-electron chi connectivity index (χ3n) is 2.17. The maximum absolute atomic E-state index is 11.8. The van der Waals surface area contributed by atoms with Gasteiger partial charge in [-0.15, -0.1) is 0 Å². The topological polar surface area (TPSA) is 80.7 Å². The maximum Gasteiger partial charge on any atom is 0.321 e. The van der Waals surface area contributed by atoms with Crippen LogP contribution in [-0.2, 0) is 25.1 Å².